The molecule has 1 aromatic rings. The van der Waals surface area contributed by atoms with E-state index >= 15 is 0 Å². The van der Waals surface area contributed by atoms with Crippen LogP contribution in [0.5, 0.6) is 0 Å². The van der Waals surface area contributed by atoms with Crippen LogP contribution in [0.1, 0.15) is 64.6 Å². The van der Waals surface area contributed by atoms with Crippen LogP contribution < -0.4 is 0 Å². The number of nitrogens with one attached hydrogen (secondary N) is 1. The number of allylic oxidation sites excluding steroid dienone is 4. The molecule has 1 heterocycles. The van der Waals surface area contributed by atoms with E-state index in [4.69, 9.17) is 0 Å². The first kappa shape index (κ1) is 15.5. The van der Waals surface area contributed by atoms with Crippen molar-refractivity contribution in [1.29, 1.82) is 0 Å². The summed E-state index contributed by atoms with van der Waals surface area (Å²) < 4.78 is 0. The lowest BCUT2D eigenvalue weighted by Crippen LogP contribution is -2.49. The Balaban J connectivity index is 1.49. The molecule has 2 fully saturated rings. The number of hydrogen-bond donors (Lipinski definition) is 1. The highest BCUT2D eigenvalue weighted by Gasteiger charge is 2.57. The van der Waals surface area contributed by atoms with E-state index in [0.717, 1.165) is 36.9 Å². The number of hydrogen-bond acceptors (Lipinski definition) is 3. The molecule has 5 atom stereocenters. The Bertz CT molecular complexity index is 777. The SMILES string of the molecule is C[C@]12CCC(=O)C=C1CC[C@@H]1[C@@H]2CC[C@]2(C)C(c3ncn[nH]3)=CC[C@@H]12. The third-order valence-electron chi connectivity index (χ3n) is 8.21. The van der Waals surface area contributed by atoms with Crippen molar-refractivity contribution in [2.24, 2.45) is 28.6 Å². The summed E-state index contributed by atoms with van der Waals surface area (Å²) in [5, 5.41) is 7.16. The fourth-order valence-electron chi connectivity index (χ4n) is 6.83. The number of aromatic nitrogens is 3. The van der Waals surface area contributed by atoms with Crippen LogP contribution in [0.25, 0.3) is 5.57 Å². The minimum atomic E-state index is 0.225. The summed E-state index contributed by atoms with van der Waals surface area (Å²) in [5.41, 5.74) is 3.32. The second-order valence-electron chi connectivity index (χ2n) is 9.11. The van der Waals surface area contributed by atoms with Crippen LogP contribution in [-0.2, 0) is 4.79 Å². The smallest absolute Gasteiger partial charge is 0.155 e. The van der Waals surface area contributed by atoms with Crippen molar-refractivity contribution in [3.8, 4) is 0 Å². The van der Waals surface area contributed by atoms with Gasteiger partial charge in [0.25, 0.3) is 0 Å². The monoisotopic (exact) mass is 337 g/mol. The topological polar surface area (TPSA) is 58.6 Å². The largest absolute Gasteiger partial charge is 0.295 e. The lowest BCUT2D eigenvalue weighted by Gasteiger charge is -2.57. The highest BCUT2D eigenvalue weighted by molar-refractivity contribution is 5.91. The summed E-state index contributed by atoms with van der Waals surface area (Å²) in [4.78, 5) is 16.4. The molecule has 0 radical (unpaired) electrons. The number of fused-ring (bicyclic) bond motifs is 5. The molecule has 0 aromatic carbocycles. The predicted molar refractivity (Wildman–Crippen MR) is 96.5 cm³/mol. The van der Waals surface area contributed by atoms with Crippen LogP contribution in [0, 0.1) is 28.6 Å². The molecular weight excluding hydrogens is 310 g/mol. The highest BCUT2D eigenvalue weighted by Crippen LogP contribution is 2.66. The summed E-state index contributed by atoms with van der Waals surface area (Å²) in [6.45, 7) is 4.90. The summed E-state index contributed by atoms with van der Waals surface area (Å²) in [6.07, 6.45) is 13.9. The first-order chi connectivity index (χ1) is 12.0. The van der Waals surface area contributed by atoms with Gasteiger partial charge in [0.05, 0.1) is 0 Å². The molecule has 4 aliphatic rings. The normalized spacial score (nSPS) is 43.0. The Labute approximate surface area is 149 Å². The molecule has 4 aliphatic carbocycles. The third kappa shape index (κ3) is 2.03. The van der Waals surface area contributed by atoms with Gasteiger partial charge in [-0.2, -0.15) is 5.10 Å². The van der Waals surface area contributed by atoms with Gasteiger partial charge in [-0.1, -0.05) is 25.5 Å². The molecule has 25 heavy (non-hydrogen) atoms. The zero-order chi connectivity index (χ0) is 17.2. The Hall–Kier alpha value is -1.71. The Morgan fingerprint density at radius 1 is 1.12 bits per heavy atom. The quantitative estimate of drug-likeness (QED) is 0.830. The zero-order valence-corrected chi connectivity index (χ0v) is 15.2. The first-order valence-corrected chi connectivity index (χ1v) is 9.82. The molecule has 0 amide bonds. The van der Waals surface area contributed by atoms with E-state index in [0.29, 0.717) is 11.7 Å². The molecule has 1 aromatic heterocycles. The Kier molecular flexibility index (Phi) is 3.20. The lowest BCUT2D eigenvalue weighted by molar-refractivity contribution is -0.117. The van der Waals surface area contributed by atoms with Crippen molar-refractivity contribution in [1.82, 2.24) is 15.2 Å². The van der Waals surface area contributed by atoms with Gasteiger partial charge in [0.15, 0.2) is 11.6 Å². The fraction of sp³-hybridized carbons (Fsp3) is 0.667. The van der Waals surface area contributed by atoms with Gasteiger partial charge in [0, 0.05) is 6.42 Å². The van der Waals surface area contributed by atoms with E-state index in [1.165, 1.54) is 36.8 Å². The number of nitrogens with zero attached hydrogens (tertiary/aromatic N) is 2. The molecule has 132 valence electrons. The third-order valence-corrected chi connectivity index (χ3v) is 8.21. The molecule has 0 bridgehead atoms. The van der Waals surface area contributed by atoms with E-state index in [1.54, 1.807) is 6.33 Å². The Morgan fingerprint density at radius 3 is 2.80 bits per heavy atom. The molecule has 2 saturated carbocycles. The van der Waals surface area contributed by atoms with E-state index in [2.05, 4.69) is 35.1 Å². The molecule has 1 N–H and O–H groups in total. The van der Waals surface area contributed by atoms with Gasteiger partial charge in [-0.05, 0) is 78.8 Å². The molecule has 0 aliphatic heterocycles. The summed E-state index contributed by atoms with van der Waals surface area (Å²) in [6, 6.07) is 0. The minimum Gasteiger partial charge on any atom is -0.295 e. The molecule has 0 unspecified atom stereocenters. The van der Waals surface area contributed by atoms with Crippen LogP contribution >= 0.6 is 0 Å². The summed E-state index contributed by atoms with van der Waals surface area (Å²) in [5.74, 6) is 3.53. The standard InChI is InChI=1S/C21H27N3O/c1-20-9-7-14(25)11-13(20)3-4-15-16-5-6-18(19-22-12-23-24-19)21(16,2)10-8-17(15)20/h6,11-12,15-17H,3-5,7-10H2,1-2H3,(H,22,23,24)/t15-,16-,17-,20-,21-/m0/s1. The number of H-pyrrole nitrogens is 1. The minimum absolute atomic E-state index is 0.225. The first-order valence-electron chi connectivity index (χ1n) is 9.82. The molecule has 0 saturated heterocycles. The number of carbonyl (C=O) groups is 1. The van der Waals surface area contributed by atoms with Crippen LogP contribution in [0.3, 0.4) is 0 Å². The van der Waals surface area contributed by atoms with Crippen molar-refractivity contribution in [2.45, 2.75) is 58.8 Å². The van der Waals surface area contributed by atoms with Crippen molar-refractivity contribution in [2.75, 3.05) is 0 Å². The van der Waals surface area contributed by atoms with Crippen LogP contribution in [-0.4, -0.2) is 21.0 Å². The molecular formula is C21H27N3O. The van der Waals surface area contributed by atoms with Crippen LogP contribution in [0.2, 0.25) is 0 Å². The van der Waals surface area contributed by atoms with Crippen molar-refractivity contribution in [3.05, 3.63) is 29.9 Å². The van der Waals surface area contributed by atoms with Crippen LogP contribution in [0.15, 0.2) is 24.1 Å². The lowest BCUT2D eigenvalue weighted by atomic mass is 9.47. The van der Waals surface area contributed by atoms with Gasteiger partial charge in [-0.25, -0.2) is 4.98 Å². The number of ketones is 1. The predicted octanol–water partition coefficient (Wildman–Crippen LogP) is 4.33. The molecule has 5 rings (SSSR count). The number of rotatable bonds is 1. The fourth-order valence-corrected chi connectivity index (χ4v) is 6.83. The average molecular weight is 337 g/mol. The van der Waals surface area contributed by atoms with Crippen molar-refractivity contribution < 1.29 is 4.79 Å². The molecule has 4 heteroatoms. The summed E-state index contributed by atoms with van der Waals surface area (Å²) >= 11 is 0. The maximum absolute atomic E-state index is 11.9. The van der Waals surface area contributed by atoms with Crippen molar-refractivity contribution in [3.63, 3.8) is 0 Å². The van der Waals surface area contributed by atoms with Gasteiger partial charge < -0.3 is 0 Å². The highest BCUT2D eigenvalue weighted by atomic mass is 16.1. The zero-order valence-electron chi connectivity index (χ0n) is 15.2. The van der Waals surface area contributed by atoms with Gasteiger partial charge in [0.2, 0.25) is 0 Å². The van der Waals surface area contributed by atoms with Crippen molar-refractivity contribution >= 4 is 11.4 Å². The van der Waals surface area contributed by atoms with Gasteiger partial charge >= 0.3 is 0 Å². The van der Waals surface area contributed by atoms with Crippen LogP contribution in [0.4, 0.5) is 0 Å². The van der Waals surface area contributed by atoms with Gasteiger partial charge in [-0.15, -0.1) is 0 Å². The van der Waals surface area contributed by atoms with Gasteiger partial charge in [0.1, 0.15) is 6.33 Å². The van der Waals surface area contributed by atoms with E-state index in [1.807, 2.05) is 6.08 Å². The second-order valence-corrected chi connectivity index (χ2v) is 9.11. The number of carbonyl (C=O) groups excluding carboxylic acids is 1. The molecule has 0 spiro atoms. The Morgan fingerprint density at radius 2 is 2.00 bits per heavy atom. The van der Waals surface area contributed by atoms with E-state index < -0.39 is 0 Å². The van der Waals surface area contributed by atoms with E-state index in [9.17, 15) is 4.79 Å². The summed E-state index contributed by atoms with van der Waals surface area (Å²) in [7, 11) is 0. The average Bonchev–Trinajstić information content (AvgIpc) is 3.22. The van der Waals surface area contributed by atoms with E-state index in [-0.39, 0.29) is 10.8 Å². The maximum Gasteiger partial charge on any atom is 0.155 e. The maximum atomic E-state index is 11.9. The number of aromatic amines is 1. The second kappa shape index (κ2) is 5.15. The van der Waals surface area contributed by atoms with Gasteiger partial charge in [-0.3, -0.25) is 9.89 Å². The molecule has 4 nitrogen and oxygen atoms in total.